The predicted molar refractivity (Wildman–Crippen MR) is 76.9 cm³/mol. The van der Waals surface area contributed by atoms with Crippen LogP contribution in [0.25, 0.3) is 10.1 Å². The molecule has 4 heteroatoms. The van der Waals surface area contributed by atoms with Gasteiger partial charge in [0.2, 0.25) is 0 Å². The van der Waals surface area contributed by atoms with Crippen LogP contribution >= 0.6 is 11.3 Å². The summed E-state index contributed by atoms with van der Waals surface area (Å²) in [5.41, 5.74) is -1.41. The number of benzene rings is 2. The van der Waals surface area contributed by atoms with E-state index in [9.17, 15) is 13.9 Å². The number of thiophene rings is 1. The van der Waals surface area contributed by atoms with E-state index in [1.54, 1.807) is 0 Å². The molecule has 0 radical (unpaired) electrons. The summed E-state index contributed by atoms with van der Waals surface area (Å²) in [6.07, 6.45) is 0. The van der Waals surface area contributed by atoms with Gasteiger partial charge in [-0.25, -0.2) is 8.78 Å². The molecule has 0 saturated carbocycles. The lowest BCUT2D eigenvalue weighted by Crippen LogP contribution is -2.23. The van der Waals surface area contributed by atoms with Crippen molar-refractivity contribution in [2.24, 2.45) is 0 Å². The monoisotopic (exact) mass is 290 g/mol. The summed E-state index contributed by atoms with van der Waals surface area (Å²) in [5, 5.41) is 11.7. The number of halogens is 2. The molecule has 1 aromatic heterocycles. The van der Waals surface area contributed by atoms with Crippen molar-refractivity contribution in [3.05, 3.63) is 70.6 Å². The zero-order valence-corrected chi connectivity index (χ0v) is 11.5. The third-order valence-corrected chi connectivity index (χ3v) is 4.69. The second kappa shape index (κ2) is 4.65. The summed E-state index contributed by atoms with van der Waals surface area (Å²) in [7, 11) is 0. The highest BCUT2D eigenvalue weighted by molar-refractivity contribution is 7.19. The van der Waals surface area contributed by atoms with Crippen molar-refractivity contribution in [1.29, 1.82) is 0 Å². The smallest absolute Gasteiger partial charge is 0.132 e. The van der Waals surface area contributed by atoms with Crippen molar-refractivity contribution < 1.29 is 13.9 Å². The molecule has 0 bridgehead atoms. The van der Waals surface area contributed by atoms with E-state index in [1.165, 1.54) is 24.3 Å². The molecule has 20 heavy (non-hydrogen) atoms. The molecule has 2 aromatic carbocycles. The van der Waals surface area contributed by atoms with Gasteiger partial charge in [0.05, 0.1) is 0 Å². The number of hydrogen-bond acceptors (Lipinski definition) is 2. The van der Waals surface area contributed by atoms with Crippen LogP contribution in [0.5, 0.6) is 0 Å². The van der Waals surface area contributed by atoms with E-state index in [1.807, 2.05) is 30.3 Å². The Morgan fingerprint density at radius 1 is 1.05 bits per heavy atom. The number of hydrogen-bond donors (Lipinski definition) is 1. The molecule has 1 heterocycles. The predicted octanol–water partition coefficient (Wildman–Crippen LogP) is 4.44. The van der Waals surface area contributed by atoms with Gasteiger partial charge < -0.3 is 5.11 Å². The largest absolute Gasteiger partial charge is 0.380 e. The van der Waals surface area contributed by atoms with Crippen LogP contribution in [-0.2, 0) is 5.60 Å². The van der Waals surface area contributed by atoms with Gasteiger partial charge in [0.1, 0.15) is 17.2 Å². The van der Waals surface area contributed by atoms with Crippen LogP contribution in [-0.4, -0.2) is 5.11 Å². The second-order valence-electron chi connectivity index (χ2n) is 4.84. The summed E-state index contributed by atoms with van der Waals surface area (Å²) in [5.74, 6) is -1.40. The van der Waals surface area contributed by atoms with Crippen LogP contribution in [0, 0.1) is 11.6 Å². The van der Waals surface area contributed by atoms with Crippen molar-refractivity contribution in [3.8, 4) is 0 Å². The fourth-order valence-corrected chi connectivity index (χ4v) is 3.36. The Morgan fingerprint density at radius 2 is 1.80 bits per heavy atom. The first-order valence-electron chi connectivity index (χ1n) is 6.15. The van der Waals surface area contributed by atoms with E-state index in [4.69, 9.17) is 0 Å². The molecule has 0 saturated heterocycles. The molecule has 102 valence electrons. The Bertz CT molecular complexity index is 744. The maximum atomic E-state index is 13.9. The minimum absolute atomic E-state index is 0.0745. The molecule has 0 aliphatic rings. The van der Waals surface area contributed by atoms with Gasteiger partial charge in [0.15, 0.2) is 0 Å². The molecule has 0 spiro atoms. The molecule has 1 unspecified atom stereocenters. The molecule has 1 atom stereocenters. The van der Waals surface area contributed by atoms with Gasteiger partial charge in [-0.05, 0) is 36.6 Å². The Kier molecular flexibility index (Phi) is 3.07. The molecule has 3 aromatic rings. The van der Waals surface area contributed by atoms with Crippen molar-refractivity contribution >= 4 is 21.4 Å². The van der Waals surface area contributed by atoms with Crippen LogP contribution in [0.15, 0.2) is 48.5 Å². The lowest BCUT2D eigenvalue weighted by atomic mass is 9.93. The highest BCUT2D eigenvalue weighted by Gasteiger charge is 2.30. The standard InChI is InChI=1S/C16H12F2OS/c1-16(19,12-7-6-11(17)9-13(12)18)15-8-10-4-2-3-5-14(10)20-15/h2-9,19H,1H3. The van der Waals surface area contributed by atoms with E-state index in [2.05, 4.69) is 0 Å². The first kappa shape index (κ1) is 13.2. The molecular weight excluding hydrogens is 278 g/mol. The zero-order chi connectivity index (χ0) is 14.3. The Balaban J connectivity index is 2.14. The lowest BCUT2D eigenvalue weighted by Gasteiger charge is -2.23. The molecule has 0 amide bonds. The zero-order valence-electron chi connectivity index (χ0n) is 10.7. The van der Waals surface area contributed by atoms with Gasteiger partial charge in [-0.15, -0.1) is 11.3 Å². The summed E-state index contributed by atoms with van der Waals surface area (Å²) < 4.78 is 27.9. The van der Waals surface area contributed by atoms with E-state index in [0.717, 1.165) is 22.2 Å². The average Bonchev–Trinajstić information content (AvgIpc) is 2.82. The van der Waals surface area contributed by atoms with E-state index < -0.39 is 17.2 Å². The molecule has 1 N–H and O–H groups in total. The molecule has 0 fully saturated rings. The van der Waals surface area contributed by atoms with E-state index in [-0.39, 0.29) is 5.56 Å². The van der Waals surface area contributed by atoms with Gasteiger partial charge in [-0.3, -0.25) is 0 Å². The SMILES string of the molecule is CC(O)(c1cc2ccccc2s1)c1ccc(F)cc1F. The van der Waals surface area contributed by atoms with Gasteiger partial charge in [-0.1, -0.05) is 18.2 Å². The Hall–Kier alpha value is -1.78. The molecule has 0 aliphatic heterocycles. The highest BCUT2D eigenvalue weighted by atomic mass is 32.1. The van der Waals surface area contributed by atoms with Crippen LogP contribution in [0.1, 0.15) is 17.4 Å². The van der Waals surface area contributed by atoms with Gasteiger partial charge in [0, 0.05) is 21.2 Å². The minimum Gasteiger partial charge on any atom is -0.380 e. The Morgan fingerprint density at radius 3 is 2.50 bits per heavy atom. The fraction of sp³-hybridized carbons (Fsp3) is 0.125. The van der Waals surface area contributed by atoms with Crippen LogP contribution in [0.2, 0.25) is 0 Å². The molecule has 1 nitrogen and oxygen atoms in total. The number of fused-ring (bicyclic) bond motifs is 1. The maximum absolute atomic E-state index is 13.9. The summed E-state index contributed by atoms with van der Waals surface area (Å²) in [6.45, 7) is 1.52. The molecular formula is C16H12F2OS. The quantitative estimate of drug-likeness (QED) is 0.740. The minimum atomic E-state index is -1.48. The van der Waals surface area contributed by atoms with Crippen LogP contribution in [0.4, 0.5) is 8.78 Å². The number of rotatable bonds is 2. The highest BCUT2D eigenvalue weighted by Crippen LogP contribution is 2.38. The van der Waals surface area contributed by atoms with Crippen LogP contribution in [0.3, 0.4) is 0 Å². The molecule has 3 rings (SSSR count). The van der Waals surface area contributed by atoms with Gasteiger partial charge >= 0.3 is 0 Å². The normalized spacial score (nSPS) is 14.4. The first-order valence-corrected chi connectivity index (χ1v) is 6.97. The topological polar surface area (TPSA) is 20.2 Å². The lowest BCUT2D eigenvalue weighted by molar-refractivity contribution is 0.102. The van der Waals surface area contributed by atoms with Crippen molar-refractivity contribution in [2.75, 3.05) is 0 Å². The van der Waals surface area contributed by atoms with Gasteiger partial charge in [0.25, 0.3) is 0 Å². The van der Waals surface area contributed by atoms with Crippen LogP contribution < -0.4 is 0 Å². The van der Waals surface area contributed by atoms with Gasteiger partial charge in [-0.2, -0.15) is 0 Å². The summed E-state index contributed by atoms with van der Waals surface area (Å²) in [6, 6.07) is 12.8. The molecule has 0 aliphatic carbocycles. The summed E-state index contributed by atoms with van der Waals surface area (Å²) >= 11 is 1.40. The van der Waals surface area contributed by atoms with Crippen molar-refractivity contribution in [2.45, 2.75) is 12.5 Å². The summed E-state index contributed by atoms with van der Waals surface area (Å²) in [4.78, 5) is 0.629. The first-order chi connectivity index (χ1) is 9.48. The third kappa shape index (κ3) is 2.11. The van der Waals surface area contributed by atoms with E-state index >= 15 is 0 Å². The third-order valence-electron chi connectivity index (χ3n) is 3.36. The van der Waals surface area contributed by atoms with E-state index in [0.29, 0.717) is 4.88 Å². The number of aliphatic hydroxyl groups is 1. The maximum Gasteiger partial charge on any atom is 0.132 e. The second-order valence-corrected chi connectivity index (χ2v) is 5.93. The fourth-order valence-electron chi connectivity index (χ4n) is 2.24. The Labute approximate surface area is 119 Å². The van der Waals surface area contributed by atoms with Crippen molar-refractivity contribution in [3.63, 3.8) is 0 Å². The average molecular weight is 290 g/mol. The van der Waals surface area contributed by atoms with Crippen molar-refractivity contribution in [1.82, 2.24) is 0 Å².